The van der Waals surface area contributed by atoms with Gasteiger partial charge in [0.2, 0.25) is 0 Å². The van der Waals surface area contributed by atoms with Crippen LogP contribution in [0.3, 0.4) is 0 Å². The maximum atomic E-state index is 5.83. The minimum atomic E-state index is 0.412. The fraction of sp³-hybridized carbons (Fsp3) is 0.615. The lowest BCUT2D eigenvalue weighted by molar-refractivity contribution is 0.0255. The van der Waals surface area contributed by atoms with Crippen molar-refractivity contribution in [1.29, 1.82) is 0 Å². The van der Waals surface area contributed by atoms with E-state index in [-0.39, 0.29) is 0 Å². The summed E-state index contributed by atoms with van der Waals surface area (Å²) in [6, 6.07) is 4.65. The molecule has 2 heterocycles. The lowest BCUT2D eigenvalue weighted by Crippen LogP contribution is -2.49. The number of ether oxygens (including phenoxy) is 1. The summed E-state index contributed by atoms with van der Waals surface area (Å²) in [6.45, 7) is 2.28. The topological polar surface area (TPSA) is 51.4 Å². The van der Waals surface area contributed by atoms with E-state index in [4.69, 9.17) is 10.5 Å². The molecule has 0 spiro atoms. The van der Waals surface area contributed by atoms with Crippen molar-refractivity contribution in [3.05, 3.63) is 24.0 Å². The standard InChI is InChI=1S/C13H19N3O/c14-9-10-11(4-2-6-15-10)16-7-8-17-13-5-1-3-12(13)16/h2,4,6,12-13H,1,3,5,7-9,14H2. The lowest BCUT2D eigenvalue weighted by atomic mass is 10.1. The van der Waals surface area contributed by atoms with Crippen molar-refractivity contribution < 1.29 is 4.74 Å². The summed E-state index contributed by atoms with van der Waals surface area (Å²) in [5.41, 5.74) is 7.98. The molecule has 0 bridgehead atoms. The predicted octanol–water partition coefficient (Wildman–Crippen LogP) is 1.30. The molecule has 0 aromatic carbocycles. The normalized spacial score (nSPS) is 28.2. The molecule has 17 heavy (non-hydrogen) atoms. The van der Waals surface area contributed by atoms with Gasteiger partial charge in [-0.2, -0.15) is 0 Å². The van der Waals surface area contributed by atoms with Crippen LogP contribution in [0, 0.1) is 0 Å². The second-order valence-corrected chi connectivity index (χ2v) is 4.77. The number of fused-ring (bicyclic) bond motifs is 1. The molecule has 1 aliphatic carbocycles. The Morgan fingerprint density at radius 3 is 3.29 bits per heavy atom. The lowest BCUT2D eigenvalue weighted by Gasteiger charge is -2.39. The van der Waals surface area contributed by atoms with E-state index < -0.39 is 0 Å². The first-order chi connectivity index (χ1) is 8.40. The molecule has 2 aliphatic rings. The monoisotopic (exact) mass is 233 g/mol. The summed E-state index contributed by atoms with van der Waals surface area (Å²) in [6.07, 6.45) is 5.92. The third kappa shape index (κ3) is 1.91. The van der Waals surface area contributed by atoms with E-state index in [1.807, 2.05) is 12.3 Å². The highest BCUT2D eigenvalue weighted by Crippen LogP contribution is 2.33. The zero-order valence-electron chi connectivity index (χ0n) is 10.0. The van der Waals surface area contributed by atoms with Crippen molar-refractivity contribution >= 4 is 5.69 Å². The van der Waals surface area contributed by atoms with Gasteiger partial charge in [-0.05, 0) is 31.4 Å². The maximum Gasteiger partial charge on any atom is 0.0779 e. The number of nitrogens with two attached hydrogens (primary N) is 1. The number of hydrogen-bond acceptors (Lipinski definition) is 4. The Labute approximate surface area is 102 Å². The van der Waals surface area contributed by atoms with Gasteiger partial charge >= 0.3 is 0 Å². The van der Waals surface area contributed by atoms with Crippen LogP contribution >= 0.6 is 0 Å². The predicted molar refractivity (Wildman–Crippen MR) is 66.9 cm³/mol. The van der Waals surface area contributed by atoms with Crippen LogP contribution < -0.4 is 10.6 Å². The number of rotatable bonds is 2. The molecule has 2 unspecified atom stereocenters. The van der Waals surface area contributed by atoms with Crippen molar-refractivity contribution in [3.8, 4) is 0 Å². The highest BCUT2D eigenvalue weighted by atomic mass is 16.5. The SMILES string of the molecule is NCc1ncccc1N1CCOC2CCCC21. The van der Waals surface area contributed by atoms with Gasteiger partial charge in [-0.25, -0.2) is 0 Å². The average Bonchev–Trinajstić information content (AvgIpc) is 2.86. The number of morpholine rings is 1. The number of anilines is 1. The molecule has 1 aliphatic heterocycles. The molecule has 2 N–H and O–H groups in total. The molecule has 92 valence electrons. The third-order valence-corrected chi connectivity index (χ3v) is 3.85. The number of hydrogen-bond donors (Lipinski definition) is 1. The molecule has 0 radical (unpaired) electrons. The van der Waals surface area contributed by atoms with Gasteiger partial charge in [-0.1, -0.05) is 0 Å². The van der Waals surface area contributed by atoms with Crippen molar-refractivity contribution in [2.24, 2.45) is 5.73 Å². The highest BCUT2D eigenvalue weighted by molar-refractivity contribution is 5.52. The number of aromatic nitrogens is 1. The molecule has 0 amide bonds. The first-order valence-electron chi connectivity index (χ1n) is 6.42. The Morgan fingerprint density at radius 2 is 2.41 bits per heavy atom. The molecule has 2 fully saturated rings. The van der Waals surface area contributed by atoms with Crippen LogP contribution in [0.2, 0.25) is 0 Å². The van der Waals surface area contributed by atoms with Gasteiger partial charge in [0.25, 0.3) is 0 Å². The van der Waals surface area contributed by atoms with Gasteiger partial charge in [-0.3, -0.25) is 4.98 Å². The smallest absolute Gasteiger partial charge is 0.0779 e. The zero-order chi connectivity index (χ0) is 11.7. The number of pyridine rings is 1. The first-order valence-corrected chi connectivity index (χ1v) is 6.42. The molecule has 1 aromatic rings. The number of nitrogens with zero attached hydrogens (tertiary/aromatic N) is 2. The molecule has 1 aromatic heterocycles. The third-order valence-electron chi connectivity index (χ3n) is 3.85. The molecular weight excluding hydrogens is 214 g/mol. The second-order valence-electron chi connectivity index (χ2n) is 4.77. The Hall–Kier alpha value is -1.13. The van der Waals surface area contributed by atoms with E-state index in [1.165, 1.54) is 24.9 Å². The molecular formula is C13H19N3O. The van der Waals surface area contributed by atoms with Crippen LogP contribution in [0.1, 0.15) is 25.0 Å². The van der Waals surface area contributed by atoms with E-state index in [1.54, 1.807) is 0 Å². The van der Waals surface area contributed by atoms with Gasteiger partial charge < -0.3 is 15.4 Å². The van der Waals surface area contributed by atoms with E-state index in [2.05, 4.69) is 16.0 Å². The van der Waals surface area contributed by atoms with Crippen molar-refractivity contribution in [1.82, 2.24) is 4.98 Å². The summed E-state index contributed by atoms with van der Waals surface area (Å²) < 4.78 is 5.83. The van der Waals surface area contributed by atoms with Gasteiger partial charge in [0.05, 0.1) is 30.1 Å². The van der Waals surface area contributed by atoms with Crippen LogP contribution in [0.5, 0.6) is 0 Å². The van der Waals surface area contributed by atoms with Crippen LogP contribution in [0.4, 0.5) is 5.69 Å². The molecule has 4 heteroatoms. The molecule has 4 nitrogen and oxygen atoms in total. The minimum absolute atomic E-state index is 0.412. The summed E-state index contributed by atoms with van der Waals surface area (Å²) in [4.78, 5) is 6.83. The van der Waals surface area contributed by atoms with Crippen LogP contribution in [0.15, 0.2) is 18.3 Å². The summed E-state index contributed by atoms with van der Waals surface area (Å²) in [5.74, 6) is 0. The Balaban J connectivity index is 1.91. The summed E-state index contributed by atoms with van der Waals surface area (Å²) in [5, 5.41) is 0. The Morgan fingerprint density at radius 1 is 1.47 bits per heavy atom. The Bertz CT molecular complexity index is 396. The van der Waals surface area contributed by atoms with E-state index >= 15 is 0 Å². The molecule has 3 rings (SSSR count). The van der Waals surface area contributed by atoms with Gasteiger partial charge in [0.1, 0.15) is 0 Å². The molecule has 1 saturated heterocycles. The Kier molecular flexibility index (Phi) is 2.99. The maximum absolute atomic E-state index is 5.83. The van der Waals surface area contributed by atoms with Crippen LogP contribution in [-0.4, -0.2) is 30.3 Å². The van der Waals surface area contributed by atoms with Crippen molar-refractivity contribution in [3.63, 3.8) is 0 Å². The van der Waals surface area contributed by atoms with E-state index in [0.717, 1.165) is 18.8 Å². The fourth-order valence-corrected chi connectivity index (χ4v) is 3.07. The first kappa shape index (κ1) is 11.0. The summed E-state index contributed by atoms with van der Waals surface area (Å²) in [7, 11) is 0. The quantitative estimate of drug-likeness (QED) is 0.836. The summed E-state index contributed by atoms with van der Waals surface area (Å²) >= 11 is 0. The average molecular weight is 233 g/mol. The van der Waals surface area contributed by atoms with Crippen molar-refractivity contribution in [2.45, 2.75) is 38.0 Å². The van der Waals surface area contributed by atoms with Crippen LogP contribution in [-0.2, 0) is 11.3 Å². The van der Waals surface area contributed by atoms with Gasteiger partial charge in [0.15, 0.2) is 0 Å². The minimum Gasteiger partial charge on any atom is -0.374 e. The fourth-order valence-electron chi connectivity index (χ4n) is 3.07. The zero-order valence-corrected chi connectivity index (χ0v) is 10.0. The van der Waals surface area contributed by atoms with E-state index in [0.29, 0.717) is 18.7 Å². The molecule has 2 atom stereocenters. The van der Waals surface area contributed by atoms with Gasteiger partial charge in [0, 0.05) is 19.3 Å². The highest BCUT2D eigenvalue weighted by Gasteiger charge is 2.36. The van der Waals surface area contributed by atoms with Crippen LogP contribution in [0.25, 0.3) is 0 Å². The molecule has 1 saturated carbocycles. The second kappa shape index (κ2) is 4.63. The largest absolute Gasteiger partial charge is 0.374 e. The van der Waals surface area contributed by atoms with E-state index in [9.17, 15) is 0 Å². The van der Waals surface area contributed by atoms with Gasteiger partial charge in [-0.15, -0.1) is 0 Å². The van der Waals surface area contributed by atoms with Crippen molar-refractivity contribution in [2.75, 3.05) is 18.1 Å².